The molecule has 0 saturated heterocycles. The Labute approximate surface area is 225 Å². The number of hydrogen-bond donors (Lipinski definition) is 1. The number of carbonyl (C=O) groups excluding carboxylic acids is 1. The zero-order valence-electron chi connectivity index (χ0n) is 21.4. The topological polar surface area (TPSA) is 56.0 Å². The molecule has 4 fully saturated rings. The van der Waals surface area contributed by atoms with Crippen molar-refractivity contribution in [2.24, 2.45) is 17.8 Å². The lowest BCUT2D eigenvalue weighted by molar-refractivity contribution is -0.138. The third-order valence-electron chi connectivity index (χ3n) is 8.71. The van der Waals surface area contributed by atoms with E-state index in [4.69, 9.17) is 0 Å². The van der Waals surface area contributed by atoms with E-state index in [0.29, 0.717) is 17.8 Å². The van der Waals surface area contributed by atoms with E-state index in [1.807, 2.05) is 0 Å². The zero-order valence-corrected chi connectivity index (χ0v) is 21.4. The number of alkyl halides is 6. The molecule has 0 atom stereocenters. The highest BCUT2D eigenvalue weighted by atomic mass is 19.4. The van der Waals surface area contributed by atoms with E-state index in [9.17, 15) is 35.9 Å². The smallest absolute Gasteiger partial charge is 0.346 e. The van der Waals surface area contributed by atoms with Crippen molar-refractivity contribution < 1.29 is 31.1 Å². The van der Waals surface area contributed by atoms with Crippen LogP contribution < -0.4 is 10.9 Å². The predicted molar refractivity (Wildman–Crippen MR) is 134 cm³/mol. The molecule has 212 valence electrons. The van der Waals surface area contributed by atoms with Crippen LogP contribution in [0.2, 0.25) is 0 Å². The Morgan fingerprint density at radius 1 is 0.850 bits per heavy atom. The van der Waals surface area contributed by atoms with Gasteiger partial charge in [-0.2, -0.15) is 26.3 Å². The Hall–Kier alpha value is -3.50. The molecule has 1 N–H and O–H groups in total. The molecule has 2 aromatic carbocycles. The maximum atomic E-state index is 13.7. The summed E-state index contributed by atoms with van der Waals surface area (Å²) in [4.78, 5) is 27.2. The Kier molecular flexibility index (Phi) is 6.19. The fourth-order valence-electron chi connectivity index (χ4n) is 7.50. The van der Waals surface area contributed by atoms with Crippen LogP contribution in [0.25, 0.3) is 5.69 Å². The molecule has 5 nitrogen and oxygen atoms in total. The summed E-state index contributed by atoms with van der Waals surface area (Å²) in [5.74, 6) is 0.965. The SMILES string of the molecule is O=C(NC12CC3CC(CC(C3)C1)C2)c1cn(Cc2ccccc2C(F)(F)F)n(-c2ccc(C(F)(F)F)cc2)c1=O. The number of nitrogens with zero attached hydrogens (tertiary/aromatic N) is 2. The number of amides is 1. The van der Waals surface area contributed by atoms with Gasteiger partial charge in [0.15, 0.2) is 0 Å². The number of benzene rings is 2. The van der Waals surface area contributed by atoms with Crippen molar-refractivity contribution in [3.05, 3.63) is 87.3 Å². The van der Waals surface area contributed by atoms with Crippen molar-refractivity contribution in [1.29, 1.82) is 0 Å². The maximum Gasteiger partial charge on any atom is 0.416 e. The molecule has 0 radical (unpaired) electrons. The molecule has 3 aromatic rings. The van der Waals surface area contributed by atoms with Crippen molar-refractivity contribution in [2.45, 2.75) is 63.0 Å². The lowest BCUT2D eigenvalue weighted by atomic mass is 9.53. The number of hydrogen-bond acceptors (Lipinski definition) is 2. The zero-order chi connectivity index (χ0) is 28.4. The molecule has 1 heterocycles. The number of aromatic nitrogens is 2. The van der Waals surface area contributed by atoms with Crippen LogP contribution in [0.1, 0.15) is 65.6 Å². The minimum atomic E-state index is -4.66. The van der Waals surface area contributed by atoms with E-state index in [2.05, 4.69) is 5.32 Å². The average molecular weight is 564 g/mol. The predicted octanol–water partition coefficient (Wildman–Crippen LogP) is 6.42. The minimum Gasteiger partial charge on any atom is -0.346 e. The molecular formula is C29H27F6N3O2. The maximum absolute atomic E-state index is 13.7. The molecule has 11 heteroatoms. The van der Waals surface area contributed by atoms with Gasteiger partial charge in [0.05, 0.1) is 23.4 Å². The summed E-state index contributed by atoms with van der Waals surface area (Å²) in [6.07, 6.45) is -2.15. The highest BCUT2D eigenvalue weighted by Crippen LogP contribution is 2.55. The van der Waals surface area contributed by atoms with Gasteiger partial charge in [0.2, 0.25) is 0 Å². The molecular weight excluding hydrogens is 536 g/mol. The van der Waals surface area contributed by atoms with Gasteiger partial charge in [0.1, 0.15) is 5.56 Å². The van der Waals surface area contributed by atoms with E-state index in [0.717, 1.165) is 78.2 Å². The second-order valence-corrected chi connectivity index (χ2v) is 11.6. The Morgan fingerprint density at radius 2 is 1.43 bits per heavy atom. The van der Waals surface area contributed by atoms with Gasteiger partial charge in [-0.1, -0.05) is 18.2 Å². The number of rotatable bonds is 5. The molecule has 4 bridgehead atoms. The summed E-state index contributed by atoms with van der Waals surface area (Å²) >= 11 is 0. The second-order valence-electron chi connectivity index (χ2n) is 11.6. The van der Waals surface area contributed by atoms with Crippen LogP contribution >= 0.6 is 0 Å². The van der Waals surface area contributed by atoms with Crippen molar-refractivity contribution in [3.63, 3.8) is 0 Å². The summed E-state index contributed by atoms with van der Waals surface area (Å²) in [5.41, 5.74) is -3.50. The van der Waals surface area contributed by atoms with Crippen LogP contribution in [-0.2, 0) is 18.9 Å². The number of halogens is 6. The second kappa shape index (κ2) is 9.27. The standard InChI is InChI=1S/C29H27F6N3O2/c30-28(31,32)21-5-7-22(8-6-21)38-26(40)23(16-37(38)15-20-3-1-2-4-24(20)29(33,34)35)25(39)36-27-12-17-9-18(13-27)11-19(10-17)14-27/h1-8,16-19H,9-15H2,(H,36,39). The molecule has 4 saturated carbocycles. The fraction of sp³-hybridized carbons (Fsp3) is 0.448. The van der Waals surface area contributed by atoms with Gasteiger partial charge in [-0.3, -0.25) is 14.3 Å². The van der Waals surface area contributed by atoms with Gasteiger partial charge in [0.25, 0.3) is 11.5 Å². The van der Waals surface area contributed by atoms with Crippen molar-refractivity contribution in [3.8, 4) is 5.69 Å². The Morgan fingerprint density at radius 3 is 1.98 bits per heavy atom. The van der Waals surface area contributed by atoms with Crippen molar-refractivity contribution in [1.82, 2.24) is 14.7 Å². The van der Waals surface area contributed by atoms with Gasteiger partial charge in [-0.05, 0) is 92.2 Å². The monoisotopic (exact) mass is 563 g/mol. The minimum absolute atomic E-state index is 0.00338. The normalized spacial score (nSPS) is 25.8. The summed E-state index contributed by atoms with van der Waals surface area (Å²) in [5, 5.41) is 3.11. The van der Waals surface area contributed by atoms with Gasteiger partial charge in [0, 0.05) is 11.7 Å². The van der Waals surface area contributed by atoms with Crippen LogP contribution in [0.5, 0.6) is 0 Å². The first-order valence-electron chi connectivity index (χ1n) is 13.3. The Balaban J connectivity index is 1.39. The van der Waals surface area contributed by atoms with E-state index in [-0.39, 0.29) is 16.8 Å². The van der Waals surface area contributed by atoms with Crippen LogP contribution in [0.4, 0.5) is 26.3 Å². The van der Waals surface area contributed by atoms with Gasteiger partial charge in [-0.15, -0.1) is 0 Å². The lowest BCUT2D eigenvalue weighted by Gasteiger charge is -2.56. The van der Waals surface area contributed by atoms with E-state index >= 15 is 0 Å². The lowest BCUT2D eigenvalue weighted by Crippen LogP contribution is -2.60. The van der Waals surface area contributed by atoms with E-state index < -0.39 is 47.0 Å². The van der Waals surface area contributed by atoms with Gasteiger partial charge < -0.3 is 5.32 Å². The summed E-state index contributed by atoms with van der Waals surface area (Å²) in [6.45, 7) is -0.434. The fourth-order valence-corrected chi connectivity index (χ4v) is 7.50. The molecule has 1 aromatic heterocycles. The first-order chi connectivity index (χ1) is 18.8. The Bertz CT molecular complexity index is 1460. The first-order valence-corrected chi connectivity index (χ1v) is 13.3. The molecule has 40 heavy (non-hydrogen) atoms. The van der Waals surface area contributed by atoms with E-state index in [1.165, 1.54) is 24.4 Å². The molecule has 0 aliphatic heterocycles. The van der Waals surface area contributed by atoms with Crippen molar-refractivity contribution in [2.75, 3.05) is 0 Å². The van der Waals surface area contributed by atoms with E-state index in [1.54, 1.807) is 0 Å². The average Bonchev–Trinajstić information content (AvgIpc) is 3.18. The molecule has 0 unspecified atom stereocenters. The van der Waals surface area contributed by atoms with Crippen LogP contribution in [0.15, 0.2) is 59.5 Å². The van der Waals surface area contributed by atoms with Gasteiger partial charge in [-0.25, -0.2) is 4.68 Å². The molecule has 1 amide bonds. The molecule has 4 aliphatic rings. The molecule has 7 rings (SSSR count). The third-order valence-corrected chi connectivity index (χ3v) is 8.71. The van der Waals surface area contributed by atoms with Gasteiger partial charge >= 0.3 is 12.4 Å². The number of nitrogens with one attached hydrogen (secondary N) is 1. The highest BCUT2D eigenvalue weighted by Gasteiger charge is 2.51. The van der Waals surface area contributed by atoms with Crippen LogP contribution in [0, 0.1) is 17.8 Å². The number of carbonyl (C=O) groups is 1. The molecule has 0 spiro atoms. The summed E-state index contributed by atoms with van der Waals surface area (Å²) in [6, 6.07) is 8.56. The van der Waals surface area contributed by atoms with Crippen LogP contribution in [0.3, 0.4) is 0 Å². The quantitative estimate of drug-likeness (QED) is 0.364. The highest BCUT2D eigenvalue weighted by molar-refractivity contribution is 5.94. The summed E-state index contributed by atoms with van der Waals surface area (Å²) < 4.78 is 82.7. The summed E-state index contributed by atoms with van der Waals surface area (Å²) in [7, 11) is 0. The molecule has 4 aliphatic carbocycles. The largest absolute Gasteiger partial charge is 0.416 e. The third kappa shape index (κ3) is 4.83. The van der Waals surface area contributed by atoms with Crippen LogP contribution in [-0.4, -0.2) is 20.8 Å². The first kappa shape index (κ1) is 26.7. The van der Waals surface area contributed by atoms with Crippen molar-refractivity contribution >= 4 is 5.91 Å².